The molecule has 8 nitrogen and oxygen atoms in total. The number of fused-ring (bicyclic) bond motifs is 2. The summed E-state index contributed by atoms with van der Waals surface area (Å²) in [5.74, 6) is 3.41. The Balaban J connectivity index is 1.35. The van der Waals surface area contributed by atoms with Gasteiger partial charge in [0.2, 0.25) is 0 Å². The van der Waals surface area contributed by atoms with Crippen LogP contribution in [0.25, 0.3) is 22.3 Å². The fraction of sp³-hybridized carbons (Fsp3) is 0.481. The maximum Gasteiger partial charge on any atom is 0.162 e. The molecule has 1 saturated carbocycles. The summed E-state index contributed by atoms with van der Waals surface area (Å²) in [7, 11) is 2.01. The zero-order valence-corrected chi connectivity index (χ0v) is 22.0. The van der Waals surface area contributed by atoms with Gasteiger partial charge in [0.15, 0.2) is 5.82 Å². The molecule has 186 valence electrons. The molecule has 9 heteroatoms. The van der Waals surface area contributed by atoms with Crippen molar-refractivity contribution < 1.29 is 0 Å². The molecular weight excluding hydrogens is 472 g/mol. The Kier molecular flexibility index (Phi) is 4.87. The fourth-order valence-electron chi connectivity index (χ4n) is 5.89. The third kappa shape index (κ3) is 3.26. The zero-order chi connectivity index (χ0) is 24.7. The molecular formula is C27H31ClN8. The predicted octanol–water partition coefficient (Wildman–Crippen LogP) is 5.06. The molecule has 36 heavy (non-hydrogen) atoms. The second-order valence-corrected chi connectivity index (χ2v) is 11.1. The number of H-pyrrole nitrogens is 1. The van der Waals surface area contributed by atoms with E-state index in [2.05, 4.69) is 52.9 Å². The maximum atomic E-state index is 6.90. The first kappa shape index (κ1) is 22.1. The van der Waals surface area contributed by atoms with Crippen LogP contribution in [-0.4, -0.2) is 49.1 Å². The van der Waals surface area contributed by atoms with Gasteiger partial charge in [-0.05, 0) is 51.7 Å². The minimum atomic E-state index is 0.474. The lowest BCUT2D eigenvalue weighted by molar-refractivity contribution is 0.472. The van der Waals surface area contributed by atoms with E-state index in [1.54, 1.807) is 0 Å². The molecule has 1 atom stereocenters. The van der Waals surface area contributed by atoms with Crippen molar-refractivity contribution in [1.29, 1.82) is 0 Å². The van der Waals surface area contributed by atoms with E-state index in [1.165, 1.54) is 30.4 Å². The summed E-state index contributed by atoms with van der Waals surface area (Å²) in [4.78, 5) is 15.3. The number of nitrogens with one attached hydrogen (secondary N) is 1. The molecule has 1 aliphatic carbocycles. The van der Waals surface area contributed by atoms with Gasteiger partial charge in [0, 0.05) is 67.3 Å². The van der Waals surface area contributed by atoms with E-state index in [0.29, 0.717) is 12.0 Å². The van der Waals surface area contributed by atoms with Gasteiger partial charge < -0.3 is 9.80 Å². The quantitative estimate of drug-likeness (QED) is 0.420. The van der Waals surface area contributed by atoms with E-state index in [9.17, 15) is 0 Å². The first-order valence-corrected chi connectivity index (χ1v) is 13.4. The minimum absolute atomic E-state index is 0.474. The Hall–Kier alpha value is -3.13. The Bertz CT molecular complexity index is 1510. The predicted molar refractivity (Wildman–Crippen MR) is 143 cm³/mol. The standard InChI is InChI=1S/C27H31ClN8/c1-14-5-8-20-22(16(3)31-32-20)21(14)25-29-19-10-11-35(13-18(19)26(30-25)36-12-9-15(36)2)27-23(28)24(17-6-7-17)33-34(27)4/h5,8,15,17H,6-7,9-13H2,1-4H3,(H,31,32). The van der Waals surface area contributed by atoms with Crippen LogP contribution < -0.4 is 9.80 Å². The van der Waals surface area contributed by atoms with Gasteiger partial charge in [-0.15, -0.1) is 0 Å². The SMILES string of the molecule is Cc1ccc2n[nH]c(C)c2c1-c1nc2c(c(N3CCC3C)n1)CN(c1c(Cl)c(C3CC3)nn1C)CC2. The number of hydrogen-bond acceptors (Lipinski definition) is 6. The molecule has 2 fully saturated rings. The molecule has 1 unspecified atom stereocenters. The van der Waals surface area contributed by atoms with Gasteiger partial charge in [0.25, 0.3) is 0 Å². The van der Waals surface area contributed by atoms with Gasteiger partial charge in [-0.3, -0.25) is 9.78 Å². The third-order valence-electron chi connectivity index (χ3n) is 8.21. The second kappa shape index (κ2) is 7.93. The van der Waals surface area contributed by atoms with Crippen LogP contribution in [0.3, 0.4) is 0 Å². The summed E-state index contributed by atoms with van der Waals surface area (Å²) in [5, 5.41) is 14.4. The normalized spacial score (nSPS) is 19.6. The third-order valence-corrected chi connectivity index (χ3v) is 8.58. The van der Waals surface area contributed by atoms with Crippen LogP contribution in [0.1, 0.15) is 60.3 Å². The van der Waals surface area contributed by atoms with Crippen molar-refractivity contribution in [2.24, 2.45) is 7.05 Å². The van der Waals surface area contributed by atoms with Crippen molar-refractivity contribution >= 4 is 34.1 Å². The molecule has 0 amide bonds. The van der Waals surface area contributed by atoms with Crippen LogP contribution in [0.4, 0.5) is 11.6 Å². The summed E-state index contributed by atoms with van der Waals surface area (Å²) in [6.45, 7) is 9.11. The van der Waals surface area contributed by atoms with E-state index in [1.807, 2.05) is 11.7 Å². The van der Waals surface area contributed by atoms with Crippen molar-refractivity contribution in [3.63, 3.8) is 0 Å². The number of benzene rings is 1. The van der Waals surface area contributed by atoms with Gasteiger partial charge in [0.05, 0.1) is 16.9 Å². The zero-order valence-electron chi connectivity index (χ0n) is 21.3. The Morgan fingerprint density at radius 2 is 1.92 bits per heavy atom. The van der Waals surface area contributed by atoms with Crippen molar-refractivity contribution in [2.75, 3.05) is 22.9 Å². The van der Waals surface area contributed by atoms with E-state index >= 15 is 0 Å². The van der Waals surface area contributed by atoms with E-state index < -0.39 is 0 Å². The highest BCUT2D eigenvalue weighted by Crippen LogP contribution is 2.46. The molecule has 2 aliphatic heterocycles. The summed E-state index contributed by atoms with van der Waals surface area (Å²) >= 11 is 6.90. The Morgan fingerprint density at radius 3 is 2.64 bits per heavy atom. The number of halogens is 1. The van der Waals surface area contributed by atoms with Crippen LogP contribution in [0.5, 0.6) is 0 Å². The first-order valence-electron chi connectivity index (χ1n) is 13.0. The number of nitrogens with zero attached hydrogens (tertiary/aromatic N) is 7. The van der Waals surface area contributed by atoms with Gasteiger partial charge in [0.1, 0.15) is 16.7 Å². The average Bonchev–Trinajstić information content (AvgIpc) is 3.57. The minimum Gasteiger partial charge on any atom is -0.353 e. The first-order chi connectivity index (χ1) is 17.4. The summed E-state index contributed by atoms with van der Waals surface area (Å²) < 4.78 is 1.97. The molecule has 5 heterocycles. The lowest BCUT2D eigenvalue weighted by Crippen LogP contribution is -2.47. The second-order valence-electron chi connectivity index (χ2n) is 10.7. The van der Waals surface area contributed by atoms with Gasteiger partial charge in [-0.1, -0.05) is 17.7 Å². The molecule has 1 N–H and O–H groups in total. The van der Waals surface area contributed by atoms with Crippen LogP contribution in [0.15, 0.2) is 12.1 Å². The van der Waals surface area contributed by atoms with Crippen LogP contribution in [0.2, 0.25) is 5.02 Å². The lowest BCUT2D eigenvalue weighted by atomic mass is 9.98. The number of hydrogen-bond donors (Lipinski definition) is 1. The molecule has 7 rings (SSSR count). The lowest BCUT2D eigenvalue weighted by Gasteiger charge is -2.42. The van der Waals surface area contributed by atoms with E-state index in [4.69, 9.17) is 26.7 Å². The van der Waals surface area contributed by atoms with Crippen molar-refractivity contribution in [3.05, 3.63) is 45.4 Å². The summed E-state index contributed by atoms with van der Waals surface area (Å²) in [6.07, 6.45) is 4.41. The molecule has 3 aliphatic rings. The number of aromatic nitrogens is 6. The van der Waals surface area contributed by atoms with Crippen molar-refractivity contribution in [1.82, 2.24) is 29.9 Å². The topological polar surface area (TPSA) is 78.8 Å². The van der Waals surface area contributed by atoms with Crippen molar-refractivity contribution in [3.8, 4) is 11.4 Å². The molecule has 1 aromatic carbocycles. The highest BCUT2D eigenvalue weighted by Gasteiger charge is 2.36. The van der Waals surface area contributed by atoms with Crippen LogP contribution in [-0.2, 0) is 20.0 Å². The molecule has 1 saturated heterocycles. The van der Waals surface area contributed by atoms with Gasteiger partial charge >= 0.3 is 0 Å². The summed E-state index contributed by atoms with van der Waals surface area (Å²) in [6, 6.07) is 4.66. The number of aryl methyl sites for hydroxylation is 3. The van der Waals surface area contributed by atoms with Crippen LogP contribution >= 0.6 is 11.6 Å². The maximum absolute atomic E-state index is 6.90. The number of rotatable bonds is 4. The average molecular weight is 503 g/mol. The Labute approximate surface area is 215 Å². The van der Waals surface area contributed by atoms with Gasteiger partial charge in [-0.2, -0.15) is 10.2 Å². The molecule has 3 aromatic heterocycles. The van der Waals surface area contributed by atoms with E-state index in [-0.39, 0.29) is 0 Å². The smallest absolute Gasteiger partial charge is 0.162 e. The Morgan fingerprint density at radius 1 is 1.08 bits per heavy atom. The summed E-state index contributed by atoms with van der Waals surface area (Å²) in [5.41, 5.74) is 7.67. The highest BCUT2D eigenvalue weighted by atomic mass is 35.5. The molecule has 4 aromatic rings. The van der Waals surface area contributed by atoms with Gasteiger partial charge in [-0.25, -0.2) is 9.97 Å². The van der Waals surface area contributed by atoms with Crippen LogP contribution in [0, 0.1) is 13.8 Å². The monoisotopic (exact) mass is 502 g/mol. The molecule has 0 bridgehead atoms. The number of anilines is 2. The highest BCUT2D eigenvalue weighted by molar-refractivity contribution is 6.33. The fourth-order valence-corrected chi connectivity index (χ4v) is 6.32. The van der Waals surface area contributed by atoms with Crippen molar-refractivity contribution in [2.45, 2.75) is 65.0 Å². The number of aromatic amines is 1. The molecule has 0 radical (unpaired) electrons. The van der Waals surface area contributed by atoms with E-state index in [0.717, 1.165) is 82.1 Å². The molecule has 0 spiro atoms. The largest absolute Gasteiger partial charge is 0.353 e.